The van der Waals surface area contributed by atoms with Gasteiger partial charge in [-0.2, -0.15) is 0 Å². The van der Waals surface area contributed by atoms with E-state index in [9.17, 15) is 9.18 Å². The SMILES string of the molecule is CCOC(=O)C(C)CNc1cc(Br)ccc1F. The molecule has 0 saturated heterocycles. The molecule has 0 aliphatic rings. The molecule has 0 amide bonds. The summed E-state index contributed by atoms with van der Waals surface area (Å²) in [5, 5.41) is 2.89. The zero-order valence-corrected chi connectivity index (χ0v) is 11.4. The highest BCUT2D eigenvalue weighted by Crippen LogP contribution is 2.20. The van der Waals surface area contributed by atoms with Gasteiger partial charge in [-0.1, -0.05) is 22.9 Å². The minimum Gasteiger partial charge on any atom is -0.466 e. The number of benzene rings is 1. The van der Waals surface area contributed by atoms with Crippen molar-refractivity contribution >= 4 is 27.6 Å². The second kappa shape index (κ2) is 6.59. The van der Waals surface area contributed by atoms with Crippen LogP contribution in [0.1, 0.15) is 13.8 Å². The van der Waals surface area contributed by atoms with E-state index in [2.05, 4.69) is 21.2 Å². The Bertz CT molecular complexity index is 398. The summed E-state index contributed by atoms with van der Waals surface area (Å²) in [7, 11) is 0. The van der Waals surface area contributed by atoms with Crippen molar-refractivity contribution in [2.75, 3.05) is 18.5 Å². The predicted octanol–water partition coefficient (Wildman–Crippen LogP) is 3.20. The van der Waals surface area contributed by atoms with E-state index >= 15 is 0 Å². The Balaban J connectivity index is 2.55. The molecule has 0 aliphatic heterocycles. The highest BCUT2D eigenvalue weighted by molar-refractivity contribution is 9.10. The van der Waals surface area contributed by atoms with Gasteiger partial charge in [-0.25, -0.2) is 4.39 Å². The Morgan fingerprint density at radius 1 is 1.59 bits per heavy atom. The molecular formula is C12H15BrFNO2. The van der Waals surface area contributed by atoms with E-state index in [0.717, 1.165) is 4.47 Å². The van der Waals surface area contributed by atoms with Crippen molar-refractivity contribution in [2.45, 2.75) is 13.8 Å². The van der Waals surface area contributed by atoms with E-state index in [1.54, 1.807) is 26.0 Å². The molecule has 3 nitrogen and oxygen atoms in total. The van der Waals surface area contributed by atoms with E-state index < -0.39 is 0 Å². The number of hydrogen-bond donors (Lipinski definition) is 1. The zero-order chi connectivity index (χ0) is 12.8. The second-order valence-corrected chi connectivity index (χ2v) is 4.57. The van der Waals surface area contributed by atoms with Gasteiger partial charge in [-0.15, -0.1) is 0 Å². The first kappa shape index (κ1) is 14.0. The summed E-state index contributed by atoms with van der Waals surface area (Å²) in [6.45, 7) is 4.19. The standard InChI is InChI=1S/C12H15BrFNO2/c1-3-17-12(16)8(2)7-15-11-6-9(13)4-5-10(11)14/h4-6,8,15H,3,7H2,1-2H3. The summed E-state index contributed by atoms with van der Waals surface area (Å²) >= 11 is 3.26. The van der Waals surface area contributed by atoms with Crippen LogP contribution in [0.2, 0.25) is 0 Å². The van der Waals surface area contributed by atoms with Crippen LogP contribution in [0.15, 0.2) is 22.7 Å². The minimum atomic E-state index is -0.343. The molecule has 0 radical (unpaired) electrons. The molecule has 0 saturated carbocycles. The first-order valence-electron chi connectivity index (χ1n) is 5.40. The van der Waals surface area contributed by atoms with E-state index in [4.69, 9.17) is 4.74 Å². The highest BCUT2D eigenvalue weighted by Gasteiger charge is 2.14. The van der Waals surface area contributed by atoms with Gasteiger partial charge in [0.2, 0.25) is 0 Å². The summed E-state index contributed by atoms with van der Waals surface area (Å²) in [4.78, 5) is 11.4. The molecule has 1 unspecified atom stereocenters. The lowest BCUT2D eigenvalue weighted by Gasteiger charge is -2.13. The van der Waals surface area contributed by atoms with Crippen molar-refractivity contribution in [2.24, 2.45) is 5.92 Å². The number of anilines is 1. The maximum atomic E-state index is 13.4. The number of carbonyl (C=O) groups excluding carboxylic acids is 1. The van der Waals surface area contributed by atoms with E-state index in [1.807, 2.05) is 0 Å². The minimum absolute atomic E-state index is 0.282. The summed E-state index contributed by atoms with van der Waals surface area (Å²) < 4.78 is 19.0. The lowest BCUT2D eigenvalue weighted by atomic mass is 10.2. The van der Waals surface area contributed by atoms with Crippen LogP contribution in [0, 0.1) is 11.7 Å². The van der Waals surface area contributed by atoms with Gasteiger partial charge in [0.05, 0.1) is 18.2 Å². The van der Waals surface area contributed by atoms with Gasteiger partial charge < -0.3 is 10.1 Å². The Morgan fingerprint density at radius 2 is 2.29 bits per heavy atom. The van der Waals surface area contributed by atoms with Gasteiger partial charge in [0.1, 0.15) is 5.82 Å². The first-order valence-corrected chi connectivity index (χ1v) is 6.19. The van der Waals surface area contributed by atoms with Crippen molar-refractivity contribution in [3.05, 3.63) is 28.5 Å². The van der Waals surface area contributed by atoms with E-state index in [-0.39, 0.29) is 17.7 Å². The summed E-state index contributed by atoms with van der Waals surface area (Å²) in [5.74, 6) is -0.937. The monoisotopic (exact) mass is 303 g/mol. The summed E-state index contributed by atoms with van der Waals surface area (Å²) in [6.07, 6.45) is 0. The van der Waals surface area contributed by atoms with Crippen LogP contribution < -0.4 is 5.32 Å². The molecule has 1 atom stereocenters. The fourth-order valence-electron chi connectivity index (χ4n) is 1.26. The Kier molecular flexibility index (Phi) is 5.41. The first-order chi connectivity index (χ1) is 8.04. The van der Waals surface area contributed by atoms with Gasteiger partial charge in [0, 0.05) is 11.0 Å². The van der Waals surface area contributed by atoms with Crippen molar-refractivity contribution < 1.29 is 13.9 Å². The lowest BCUT2D eigenvalue weighted by Crippen LogP contribution is -2.22. The van der Waals surface area contributed by atoms with Crippen LogP contribution in [0.3, 0.4) is 0 Å². The van der Waals surface area contributed by atoms with Crippen LogP contribution in [0.4, 0.5) is 10.1 Å². The van der Waals surface area contributed by atoms with Crippen molar-refractivity contribution in [1.82, 2.24) is 0 Å². The molecule has 0 spiro atoms. The van der Waals surface area contributed by atoms with Crippen LogP contribution in [-0.2, 0) is 9.53 Å². The molecule has 1 aromatic rings. The number of hydrogen-bond acceptors (Lipinski definition) is 3. The Labute approximate surface area is 108 Å². The number of ether oxygens (including phenoxy) is 1. The quantitative estimate of drug-likeness (QED) is 0.849. The van der Waals surface area contributed by atoms with Crippen LogP contribution in [-0.4, -0.2) is 19.1 Å². The third-order valence-corrected chi connectivity index (χ3v) is 2.71. The molecule has 94 valence electrons. The molecule has 0 aliphatic carbocycles. The van der Waals surface area contributed by atoms with E-state index in [0.29, 0.717) is 18.8 Å². The molecule has 1 aromatic carbocycles. The zero-order valence-electron chi connectivity index (χ0n) is 9.80. The van der Waals surface area contributed by atoms with Crippen molar-refractivity contribution in [3.63, 3.8) is 0 Å². The molecule has 0 aromatic heterocycles. The maximum Gasteiger partial charge on any atom is 0.310 e. The lowest BCUT2D eigenvalue weighted by molar-refractivity contribution is -0.146. The van der Waals surface area contributed by atoms with Crippen LogP contribution >= 0.6 is 15.9 Å². The smallest absolute Gasteiger partial charge is 0.310 e. The average Bonchev–Trinajstić information content (AvgIpc) is 2.30. The molecule has 0 bridgehead atoms. The predicted molar refractivity (Wildman–Crippen MR) is 68.4 cm³/mol. The summed E-state index contributed by atoms with van der Waals surface area (Å²) in [5.41, 5.74) is 0.371. The molecule has 1 rings (SSSR count). The number of esters is 1. The third-order valence-electron chi connectivity index (χ3n) is 2.22. The molecule has 5 heteroatoms. The molecule has 0 fully saturated rings. The van der Waals surface area contributed by atoms with Crippen LogP contribution in [0.25, 0.3) is 0 Å². The Morgan fingerprint density at radius 3 is 2.94 bits per heavy atom. The fourth-order valence-corrected chi connectivity index (χ4v) is 1.62. The number of nitrogens with one attached hydrogen (secondary N) is 1. The molecular weight excluding hydrogens is 289 g/mol. The van der Waals surface area contributed by atoms with Crippen molar-refractivity contribution in [1.29, 1.82) is 0 Å². The molecule has 1 N–H and O–H groups in total. The van der Waals surface area contributed by atoms with Gasteiger partial charge in [-0.05, 0) is 25.1 Å². The fraction of sp³-hybridized carbons (Fsp3) is 0.417. The molecule has 0 heterocycles. The van der Waals surface area contributed by atoms with Gasteiger partial charge >= 0.3 is 5.97 Å². The highest BCUT2D eigenvalue weighted by atomic mass is 79.9. The number of carbonyl (C=O) groups is 1. The average molecular weight is 304 g/mol. The van der Waals surface area contributed by atoms with Gasteiger partial charge in [-0.3, -0.25) is 4.79 Å². The van der Waals surface area contributed by atoms with Gasteiger partial charge in [0.15, 0.2) is 0 Å². The molecule has 17 heavy (non-hydrogen) atoms. The topological polar surface area (TPSA) is 38.3 Å². The van der Waals surface area contributed by atoms with Crippen LogP contribution in [0.5, 0.6) is 0 Å². The largest absolute Gasteiger partial charge is 0.466 e. The normalized spacial score (nSPS) is 12.0. The van der Waals surface area contributed by atoms with Crippen molar-refractivity contribution in [3.8, 4) is 0 Å². The number of halogens is 2. The third kappa shape index (κ3) is 4.34. The van der Waals surface area contributed by atoms with Gasteiger partial charge in [0.25, 0.3) is 0 Å². The second-order valence-electron chi connectivity index (χ2n) is 3.66. The number of rotatable bonds is 5. The summed E-state index contributed by atoms with van der Waals surface area (Å²) in [6, 6.07) is 4.62. The van der Waals surface area contributed by atoms with E-state index in [1.165, 1.54) is 6.07 Å². The maximum absolute atomic E-state index is 13.4. The Hall–Kier alpha value is -1.10.